The quantitative estimate of drug-likeness (QED) is 0.0205. The van der Waals surface area contributed by atoms with Gasteiger partial charge >= 0.3 is 13.8 Å². The van der Waals surface area contributed by atoms with Crippen LogP contribution in [0.3, 0.4) is 0 Å². The van der Waals surface area contributed by atoms with Crippen LogP contribution in [0.4, 0.5) is 0 Å². The van der Waals surface area contributed by atoms with Crippen molar-refractivity contribution in [3.63, 3.8) is 0 Å². The van der Waals surface area contributed by atoms with E-state index in [9.17, 15) is 19.0 Å². The number of phosphoric acid groups is 1. The molecule has 2 N–H and O–H groups in total. The topological polar surface area (TPSA) is 111 Å². The second kappa shape index (κ2) is 50.0. The van der Waals surface area contributed by atoms with Gasteiger partial charge in [-0.2, -0.15) is 0 Å². The van der Waals surface area contributed by atoms with Gasteiger partial charge < -0.3 is 19.4 Å². The Bertz CT molecular complexity index is 1240. The number of hydrogen-bond acceptors (Lipinski definition) is 6. The predicted molar refractivity (Wildman–Crippen MR) is 296 cm³/mol. The van der Waals surface area contributed by atoms with E-state index < -0.39 is 20.0 Å². The molecular weight excluding hydrogens is 880 g/mol. The molecule has 0 aliphatic heterocycles. The molecule has 0 aromatic rings. The minimum atomic E-state index is -4.44. The predicted octanol–water partition coefficient (Wildman–Crippen LogP) is 17.8. The molecule has 0 aliphatic rings. The molecule has 0 radical (unpaired) electrons. The highest BCUT2D eigenvalue weighted by atomic mass is 31.2. The molecule has 0 bridgehead atoms. The van der Waals surface area contributed by atoms with Crippen molar-refractivity contribution in [2.75, 3.05) is 40.9 Å². The first-order valence-electron chi connectivity index (χ1n) is 29.7. The summed E-state index contributed by atoms with van der Waals surface area (Å²) in [6.07, 6.45) is 57.3. The standard InChI is InChI=1S/C59H115N2O7P/c1-7-10-13-16-19-22-25-28-30-32-33-36-39-42-45-48-51-58(62)60-56(55-67-69(64,65)66-54-53-61(4,5)6)57(50-47-44-41-38-35-27-24-21-18-15-12-9-3)68-59(63)52-49-46-43-40-37-34-31-29-26-23-20-17-14-11-8-2/h30,32,47,50,56-57H,7-29,31,33-46,48-49,51-55H2,1-6H3,(H-,60,62,64,65)/p+1/b32-30+,50-47+. The third kappa shape index (κ3) is 51.2. The fourth-order valence-corrected chi connectivity index (χ4v) is 9.50. The van der Waals surface area contributed by atoms with E-state index in [2.05, 4.69) is 38.2 Å². The average Bonchev–Trinajstić information content (AvgIpc) is 3.31. The maximum absolute atomic E-state index is 13.5. The molecule has 10 heteroatoms. The van der Waals surface area contributed by atoms with Crippen molar-refractivity contribution in [1.29, 1.82) is 0 Å². The number of rotatable bonds is 54. The van der Waals surface area contributed by atoms with Crippen LogP contribution in [0.1, 0.15) is 290 Å². The maximum Gasteiger partial charge on any atom is 0.472 e. The highest BCUT2D eigenvalue weighted by Crippen LogP contribution is 2.43. The summed E-state index contributed by atoms with van der Waals surface area (Å²) in [5.74, 6) is -0.501. The van der Waals surface area contributed by atoms with Crippen LogP contribution in [0.15, 0.2) is 24.3 Å². The van der Waals surface area contributed by atoms with Crippen LogP contribution in [0.25, 0.3) is 0 Å². The minimum absolute atomic E-state index is 0.0419. The molecule has 408 valence electrons. The zero-order valence-electron chi connectivity index (χ0n) is 46.6. The van der Waals surface area contributed by atoms with Gasteiger partial charge in [0.25, 0.3) is 0 Å². The average molecular weight is 997 g/mol. The molecule has 0 heterocycles. The number of nitrogens with zero attached hydrogens (tertiary/aromatic N) is 1. The van der Waals surface area contributed by atoms with Crippen molar-refractivity contribution in [3.05, 3.63) is 24.3 Å². The molecule has 0 rings (SSSR count). The van der Waals surface area contributed by atoms with E-state index in [-0.39, 0.29) is 25.1 Å². The first kappa shape index (κ1) is 67.5. The Kier molecular flexibility index (Phi) is 48.9. The molecule has 3 atom stereocenters. The summed E-state index contributed by atoms with van der Waals surface area (Å²) in [7, 11) is 1.50. The smallest absolute Gasteiger partial charge is 0.456 e. The molecule has 0 aliphatic carbocycles. The lowest BCUT2D eigenvalue weighted by atomic mass is 10.0. The summed E-state index contributed by atoms with van der Waals surface area (Å²) in [6, 6.07) is -0.846. The molecule has 3 unspecified atom stereocenters. The van der Waals surface area contributed by atoms with Gasteiger partial charge in [0, 0.05) is 12.8 Å². The van der Waals surface area contributed by atoms with Gasteiger partial charge in [-0.05, 0) is 57.4 Å². The van der Waals surface area contributed by atoms with Gasteiger partial charge in [-0.15, -0.1) is 0 Å². The number of esters is 1. The highest BCUT2D eigenvalue weighted by Gasteiger charge is 2.30. The highest BCUT2D eigenvalue weighted by molar-refractivity contribution is 7.47. The number of nitrogens with one attached hydrogen (secondary N) is 1. The summed E-state index contributed by atoms with van der Waals surface area (Å²) >= 11 is 0. The van der Waals surface area contributed by atoms with Gasteiger partial charge in [-0.25, -0.2) is 4.57 Å². The zero-order valence-corrected chi connectivity index (χ0v) is 47.5. The molecule has 0 saturated carbocycles. The minimum Gasteiger partial charge on any atom is -0.456 e. The molecule has 69 heavy (non-hydrogen) atoms. The third-order valence-electron chi connectivity index (χ3n) is 13.4. The number of carbonyl (C=O) groups is 2. The Morgan fingerprint density at radius 1 is 0.493 bits per heavy atom. The van der Waals surface area contributed by atoms with Crippen molar-refractivity contribution in [2.45, 2.75) is 303 Å². The van der Waals surface area contributed by atoms with Crippen LogP contribution in [-0.2, 0) is 27.9 Å². The monoisotopic (exact) mass is 996 g/mol. The van der Waals surface area contributed by atoms with Crippen molar-refractivity contribution in [2.24, 2.45) is 0 Å². The molecule has 9 nitrogen and oxygen atoms in total. The zero-order chi connectivity index (χ0) is 50.8. The Hall–Kier alpha value is -1.51. The number of ether oxygens (including phenoxy) is 1. The van der Waals surface area contributed by atoms with Crippen molar-refractivity contribution in [3.8, 4) is 0 Å². The molecule has 1 amide bonds. The SMILES string of the molecule is CCCCCCCCC/C=C/CCCCCCCC(=O)NC(COP(=O)(O)OCC[N+](C)(C)C)C(/C=C/CCCCCCCCCCCC)OC(=O)CCCCCCCCCCCCCCCCC. The number of likely N-dealkylation sites (N-methyl/N-ethyl adjacent to an activating group) is 1. The van der Waals surface area contributed by atoms with Gasteiger partial charge in [0.2, 0.25) is 5.91 Å². The van der Waals surface area contributed by atoms with Crippen LogP contribution in [0.5, 0.6) is 0 Å². The fraction of sp³-hybridized carbons (Fsp3) is 0.898. The Morgan fingerprint density at radius 3 is 1.23 bits per heavy atom. The Morgan fingerprint density at radius 2 is 0.841 bits per heavy atom. The molecule has 0 aromatic carbocycles. The summed E-state index contributed by atoms with van der Waals surface area (Å²) in [6.45, 7) is 7.03. The van der Waals surface area contributed by atoms with Crippen LogP contribution in [-0.4, -0.2) is 74.3 Å². The lowest BCUT2D eigenvalue weighted by Gasteiger charge is -2.27. The number of allylic oxidation sites excluding steroid dienone is 3. The van der Waals surface area contributed by atoms with Crippen molar-refractivity contribution < 1.29 is 37.3 Å². The summed E-state index contributed by atoms with van der Waals surface area (Å²) in [4.78, 5) is 37.6. The largest absolute Gasteiger partial charge is 0.472 e. The number of phosphoric ester groups is 1. The lowest BCUT2D eigenvalue weighted by Crippen LogP contribution is -2.47. The van der Waals surface area contributed by atoms with E-state index in [0.29, 0.717) is 23.9 Å². The Balaban J connectivity index is 5.31. The first-order valence-corrected chi connectivity index (χ1v) is 31.2. The number of quaternary nitrogens is 1. The van der Waals surface area contributed by atoms with Crippen LogP contribution in [0, 0.1) is 0 Å². The molecule has 0 fully saturated rings. The summed E-state index contributed by atoms with van der Waals surface area (Å²) < 4.78 is 30.6. The van der Waals surface area contributed by atoms with Gasteiger partial charge in [-0.3, -0.25) is 18.6 Å². The maximum atomic E-state index is 13.5. The van der Waals surface area contributed by atoms with E-state index in [4.69, 9.17) is 13.8 Å². The van der Waals surface area contributed by atoms with Crippen molar-refractivity contribution in [1.82, 2.24) is 5.32 Å². The second-order valence-electron chi connectivity index (χ2n) is 21.5. The van der Waals surface area contributed by atoms with E-state index >= 15 is 0 Å². The third-order valence-corrected chi connectivity index (χ3v) is 14.4. The fourth-order valence-electron chi connectivity index (χ4n) is 8.76. The number of amides is 1. The number of hydrogen-bond donors (Lipinski definition) is 2. The van der Waals surface area contributed by atoms with Gasteiger partial charge in [0.1, 0.15) is 19.3 Å². The van der Waals surface area contributed by atoms with Crippen LogP contribution >= 0.6 is 7.82 Å². The van der Waals surface area contributed by atoms with Crippen LogP contribution in [0.2, 0.25) is 0 Å². The Labute approximate surface area is 428 Å². The van der Waals surface area contributed by atoms with Gasteiger partial charge in [-0.1, -0.05) is 244 Å². The number of carbonyl (C=O) groups excluding carboxylic acids is 2. The first-order chi connectivity index (χ1) is 33.4. The van der Waals surface area contributed by atoms with E-state index in [1.165, 1.54) is 180 Å². The van der Waals surface area contributed by atoms with Gasteiger partial charge in [0.15, 0.2) is 0 Å². The molecule has 0 spiro atoms. The van der Waals surface area contributed by atoms with E-state index in [1.807, 2.05) is 33.3 Å². The van der Waals surface area contributed by atoms with E-state index in [1.54, 1.807) is 0 Å². The molecule has 0 saturated heterocycles. The molecular formula is C59H116N2O7P+. The summed E-state index contributed by atoms with van der Waals surface area (Å²) in [5.41, 5.74) is 0. The second-order valence-corrected chi connectivity index (χ2v) is 23.0. The van der Waals surface area contributed by atoms with E-state index in [0.717, 1.165) is 77.0 Å². The van der Waals surface area contributed by atoms with Gasteiger partial charge in [0.05, 0.1) is 33.8 Å². The van der Waals surface area contributed by atoms with Crippen molar-refractivity contribution >= 4 is 19.7 Å². The normalized spacial score (nSPS) is 13.9. The van der Waals surface area contributed by atoms with Crippen LogP contribution < -0.4 is 5.32 Å². The summed E-state index contributed by atoms with van der Waals surface area (Å²) in [5, 5.41) is 3.05. The molecule has 0 aromatic heterocycles. The lowest BCUT2D eigenvalue weighted by molar-refractivity contribution is -0.870. The number of unbranched alkanes of at least 4 members (excludes halogenated alkanes) is 36.